The summed E-state index contributed by atoms with van der Waals surface area (Å²) in [5.41, 5.74) is 4.24. The molecule has 2 unspecified atom stereocenters. The van der Waals surface area contributed by atoms with Gasteiger partial charge in [-0.05, 0) is 44.8 Å². The second-order valence-electron chi connectivity index (χ2n) is 6.35. The topological polar surface area (TPSA) is 15.3 Å². The number of hydrogen-bond donors (Lipinski definition) is 1. The number of likely N-dealkylation sites (tertiary alicyclic amines) is 1. The molecule has 2 nitrogen and oxygen atoms in total. The van der Waals surface area contributed by atoms with Gasteiger partial charge in [-0.3, -0.25) is 4.90 Å². The standard InChI is InChI=1S/C18H30N2/c1-5-17-13-20(8-7-18(17)19-6-2)12-16-10-14(3)9-15(4)11-16/h9-11,17-19H,5-8,12-13H2,1-4H3. The van der Waals surface area contributed by atoms with Crippen LogP contribution >= 0.6 is 0 Å². The van der Waals surface area contributed by atoms with Gasteiger partial charge in [-0.25, -0.2) is 0 Å². The largest absolute Gasteiger partial charge is 0.314 e. The van der Waals surface area contributed by atoms with Gasteiger partial charge < -0.3 is 5.32 Å². The number of rotatable bonds is 5. The zero-order valence-corrected chi connectivity index (χ0v) is 13.6. The van der Waals surface area contributed by atoms with E-state index < -0.39 is 0 Å². The first-order valence-electron chi connectivity index (χ1n) is 8.15. The van der Waals surface area contributed by atoms with E-state index in [1.54, 1.807) is 0 Å². The number of benzene rings is 1. The summed E-state index contributed by atoms with van der Waals surface area (Å²) in [6.07, 6.45) is 2.57. The molecule has 1 aromatic carbocycles. The summed E-state index contributed by atoms with van der Waals surface area (Å²) in [5, 5.41) is 3.66. The molecule has 2 atom stereocenters. The van der Waals surface area contributed by atoms with Crippen LogP contribution in [0.25, 0.3) is 0 Å². The van der Waals surface area contributed by atoms with Crippen molar-refractivity contribution in [2.45, 2.75) is 53.1 Å². The van der Waals surface area contributed by atoms with Crippen LogP contribution in [-0.2, 0) is 6.54 Å². The van der Waals surface area contributed by atoms with Crippen molar-refractivity contribution in [2.75, 3.05) is 19.6 Å². The van der Waals surface area contributed by atoms with Crippen molar-refractivity contribution in [3.05, 3.63) is 34.9 Å². The molecular formula is C18H30N2. The lowest BCUT2D eigenvalue weighted by Gasteiger charge is -2.38. The highest BCUT2D eigenvalue weighted by Gasteiger charge is 2.27. The fraction of sp³-hybridized carbons (Fsp3) is 0.667. The summed E-state index contributed by atoms with van der Waals surface area (Å²) >= 11 is 0. The molecule has 1 saturated heterocycles. The van der Waals surface area contributed by atoms with Gasteiger partial charge >= 0.3 is 0 Å². The summed E-state index contributed by atoms with van der Waals surface area (Å²) in [5.74, 6) is 0.801. The van der Waals surface area contributed by atoms with E-state index in [-0.39, 0.29) is 0 Å². The first kappa shape index (κ1) is 15.5. The Labute approximate surface area is 124 Å². The molecule has 1 heterocycles. The zero-order chi connectivity index (χ0) is 14.5. The summed E-state index contributed by atoms with van der Waals surface area (Å²) in [6.45, 7) is 13.6. The average Bonchev–Trinajstić information content (AvgIpc) is 2.39. The first-order valence-corrected chi connectivity index (χ1v) is 8.15. The molecule has 1 aliphatic heterocycles. The van der Waals surface area contributed by atoms with Gasteiger partial charge in [0, 0.05) is 19.1 Å². The van der Waals surface area contributed by atoms with Crippen molar-refractivity contribution in [1.29, 1.82) is 0 Å². The van der Waals surface area contributed by atoms with Gasteiger partial charge in [0.05, 0.1) is 0 Å². The van der Waals surface area contributed by atoms with E-state index in [9.17, 15) is 0 Å². The minimum atomic E-state index is 0.723. The molecule has 1 N–H and O–H groups in total. The van der Waals surface area contributed by atoms with Crippen molar-refractivity contribution in [3.8, 4) is 0 Å². The molecule has 1 aromatic rings. The lowest BCUT2D eigenvalue weighted by Crippen LogP contribution is -2.48. The molecule has 0 radical (unpaired) electrons. The second-order valence-corrected chi connectivity index (χ2v) is 6.35. The van der Waals surface area contributed by atoms with Crippen molar-refractivity contribution in [3.63, 3.8) is 0 Å². The molecule has 20 heavy (non-hydrogen) atoms. The predicted octanol–water partition coefficient (Wildman–Crippen LogP) is 3.51. The van der Waals surface area contributed by atoms with Gasteiger partial charge in [-0.15, -0.1) is 0 Å². The number of piperidine rings is 1. The summed E-state index contributed by atoms with van der Waals surface area (Å²) in [4.78, 5) is 2.64. The molecule has 0 aromatic heterocycles. The Morgan fingerprint density at radius 3 is 2.45 bits per heavy atom. The SMILES string of the molecule is CCNC1CCN(Cc2cc(C)cc(C)c2)CC1CC. The van der Waals surface area contributed by atoms with Crippen LogP contribution in [0.5, 0.6) is 0 Å². The second kappa shape index (κ2) is 7.24. The molecule has 112 valence electrons. The highest BCUT2D eigenvalue weighted by atomic mass is 15.1. The van der Waals surface area contributed by atoms with Crippen LogP contribution in [0.15, 0.2) is 18.2 Å². The fourth-order valence-corrected chi connectivity index (χ4v) is 3.61. The number of nitrogens with one attached hydrogen (secondary N) is 1. The van der Waals surface area contributed by atoms with Gasteiger partial charge in [-0.1, -0.05) is 49.6 Å². The maximum absolute atomic E-state index is 3.66. The lowest BCUT2D eigenvalue weighted by molar-refractivity contribution is 0.129. The third kappa shape index (κ3) is 4.07. The predicted molar refractivity (Wildman–Crippen MR) is 87.1 cm³/mol. The summed E-state index contributed by atoms with van der Waals surface area (Å²) in [6, 6.07) is 7.66. The smallest absolute Gasteiger partial charge is 0.0234 e. The Balaban J connectivity index is 1.97. The highest BCUT2D eigenvalue weighted by molar-refractivity contribution is 5.28. The summed E-state index contributed by atoms with van der Waals surface area (Å²) in [7, 11) is 0. The Hall–Kier alpha value is -0.860. The average molecular weight is 274 g/mol. The van der Waals surface area contributed by atoms with Crippen molar-refractivity contribution in [2.24, 2.45) is 5.92 Å². The number of aryl methyl sites for hydroxylation is 2. The minimum absolute atomic E-state index is 0.723. The quantitative estimate of drug-likeness (QED) is 0.884. The lowest BCUT2D eigenvalue weighted by atomic mass is 9.89. The molecule has 0 spiro atoms. The molecule has 1 aliphatic rings. The van der Waals surface area contributed by atoms with Crippen molar-refractivity contribution in [1.82, 2.24) is 10.2 Å². The van der Waals surface area contributed by atoms with Crippen LogP contribution in [-0.4, -0.2) is 30.6 Å². The molecule has 0 bridgehead atoms. The molecule has 1 fully saturated rings. The van der Waals surface area contributed by atoms with E-state index in [2.05, 4.69) is 56.1 Å². The maximum Gasteiger partial charge on any atom is 0.0234 e. The highest BCUT2D eigenvalue weighted by Crippen LogP contribution is 2.22. The Bertz CT molecular complexity index is 407. The van der Waals surface area contributed by atoms with Gasteiger partial charge in [0.15, 0.2) is 0 Å². The molecule has 0 aliphatic carbocycles. The third-order valence-corrected chi connectivity index (χ3v) is 4.50. The molecule has 2 rings (SSSR count). The Morgan fingerprint density at radius 1 is 1.15 bits per heavy atom. The molecular weight excluding hydrogens is 244 g/mol. The van der Waals surface area contributed by atoms with Crippen LogP contribution in [0.1, 0.15) is 43.4 Å². The first-order chi connectivity index (χ1) is 9.62. The molecule has 2 heteroatoms. The Morgan fingerprint density at radius 2 is 1.85 bits per heavy atom. The normalized spacial score (nSPS) is 24.0. The van der Waals surface area contributed by atoms with E-state index in [1.165, 1.54) is 42.6 Å². The zero-order valence-electron chi connectivity index (χ0n) is 13.6. The van der Waals surface area contributed by atoms with E-state index in [4.69, 9.17) is 0 Å². The summed E-state index contributed by atoms with van der Waals surface area (Å²) < 4.78 is 0. The van der Waals surface area contributed by atoms with Gasteiger partial charge in [0.1, 0.15) is 0 Å². The van der Waals surface area contributed by atoms with E-state index in [1.807, 2.05) is 0 Å². The van der Waals surface area contributed by atoms with Crippen LogP contribution in [0, 0.1) is 19.8 Å². The van der Waals surface area contributed by atoms with Crippen LogP contribution < -0.4 is 5.32 Å². The van der Waals surface area contributed by atoms with Crippen LogP contribution in [0.2, 0.25) is 0 Å². The van der Waals surface area contributed by atoms with Gasteiger partial charge in [0.2, 0.25) is 0 Å². The molecule has 0 amide bonds. The third-order valence-electron chi connectivity index (χ3n) is 4.50. The fourth-order valence-electron chi connectivity index (χ4n) is 3.61. The van der Waals surface area contributed by atoms with Gasteiger partial charge in [-0.2, -0.15) is 0 Å². The minimum Gasteiger partial charge on any atom is -0.314 e. The monoisotopic (exact) mass is 274 g/mol. The van der Waals surface area contributed by atoms with Crippen molar-refractivity contribution < 1.29 is 0 Å². The van der Waals surface area contributed by atoms with Crippen molar-refractivity contribution >= 4 is 0 Å². The van der Waals surface area contributed by atoms with Gasteiger partial charge in [0.25, 0.3) is 0 Å². The van der Waals surface area contributed by atoms with E-state index in [0.29, 0.717) is 0 Å². The molecule has 0 saturated carbocycles. The van der Waals surface area contributed by atoms with E-state index >= 15 is 0 Å². The van der Waals surface area contributed by atoms with Crippen LogP contribution in [0.3, 0.4) is 0 Å². The van der Waals surface area contributed by atoms with Crippen LogP contribution in [0.4, 0.5) is 0 Å². The van der Waals surface area contributed by atoms with E-state index in [0.717, 1.165) is 25.0 Å². The maximum atomic E-state index is 3.66. The Kier molecular flexibility index (Phi) is 5.62. The number of nitrogens with zero attached hydrogens (tertiary/aromatic N) is 1. The number of hydrogen-bond acceptors (Lipinski definition) is 2.